The molecule has 0 aromatic heterocycles. The molecule has 0 aliphatic carbocycles. The average Bonchev–Trinajstić information content (AvgIpc) is 2.36. The highest BCUT2D eigenvalue weighted by Crippen LogP contribution is 2.17. The van der Waals surface area contributed by atoms with Crippen LogP contribution in [-0.2, 0) is 4.74 Å². The van der Waals surface area contributed by atoms with Crippen LogP contribution in [-0.4, -0.2) is 25.7 Å². The van der Waals surface area contributed by atoms with Gasteiger partial charge >= 0.3 is 5.97 Å². The summed E-state index contributed by atoms with van der Waals surface area (Å²) in [5, 5.41) is 2.91. The summed E-state index contributed by atoms with van der Waals surface area (Å²) in [6, 6.07) is 11.3. The van der Waals surface area contributed by atoms with E-state index in [1.54, 1.807) is 13.0 Å². The van der Waals surface area contributed by atoms with Gasteiger partial charge in [-0.25, -0.2) is 4.79 Å². The van der Waals surface area contributed by atoms with Crippen molar-refractivity contribution in [1.82, 2.24) is 0 Å². The largest absolute Gasteiger partial charge is 0.462 e. The minimum absolute atomic E-state index is 0.323. The fraction of sp³-hybridized carbons (Fsp3) is 0.267. The molecule has 0 amide bonds. The molecule has 0 saturated heterocycles. The van der Waals surface area contributed by atoms with Crippen LogP contribution in [0.1, 0.15) is 17.3 Å². The van der Waals surface area contributed by atoms with E-state index >= 15 is 0 Å². The molecule has 0 unspecified atom stereocenters. The van der Waals surface area contributed by atoms with Crippen LogP contribution in [0.25, 0.3) is 10.8 Å². The molecule has 0 atom stereocenters. The first-order valence-electron chi connectivity index (χ1n) is 6.36. The summed E-state index contributed by atoms with van der Waals surface area (Å²) >= 11 is 0. The second-order valence-corrected chi connectivity index (χ2v) is 8.68. The van der Waals surface area contributed by atoms with Crippen LogP contribution in [0.15, 0.2) is 36.4 Å². The Hall–Kier alpha value is -1.65. The van der Waals surface area contributed by atoms with Crippen molar-refractivity contribution in [3.05, 3.63) is 42.0 Å². The van der Waals surface area contributed by atoms with Gasteiger partial charge in [0.1, 0.15) is 0 Å². The highest BCUT2D eigenvalue weighted by Gasteiger charge is 2.23. The topological polar surface area (TPSA) is 46.5 Å². The van der Waals surface area contributed by atoms with Crippen molar-refractivity contribution < 1.29 is 14.3 Å². The van der Waals surface area contributed by atoms with Crippen molar-refractivity contribution in [3.63, 3.8) is 0 Å². The van der Waals surface area contributed by atoms with Gasteiger partial charge in [-0.3, -0.25) is 0 Å². The summed E-state index contributed by atoms with van der Waals surface area (Å²) in [5.74, 6) is -0.323. The van der Waals surface area contributed by atoms with E-state index in [0.29, 0.717) is 12.2 Å². The van der Waals surface area contributed by atoms with Gasteiger partial charge in [0, 0.05) is 0 Å². The lowest BCUT2D eigenvalue weighted by Crippen LogP contribution is -2.41. The van der Waals surface area contributed by atoms with Crippen LogP contribution >= 0.6 is 0 Å². The second-order valence-electron chi connectivity index (χ2n) is 5.02. The molecular formula is C15H18O3Si. The van der Waals surface area contributed by atoms with Gasteiger partial charge in [-0.05, 0) is 48.1 Å². The number of ether oxygens (including phenoxy) is 1. The molecule has 2 aromatic carbocycles. The van der Waals surface area contributed by atoms with E-state index in [1.807, 2.05) is 43.4 Å². The highest BCUT2D eigenvalue weighted by atomic mass is 28.4. The number of esters is 1. The normalized spacial score (nSPS) is 11.6. The van der Waals surface area contributed by atoms with Crippen LogP contribution in [0.2, 0.25) is 13.1 Å². The fourth-order valence-electron chi connectivity index (χ4n) is 2.15. The van der Waals surface area contributed by atoms with E-state index in [0.717, 1.165) is 16.0 Å². The zero-order valence-corrected chi connectivity index (χ0v) is 12.4. The molecule has 4 heteroatoms. The van der Waals surface area contributed by atoms with Crippen molar-refractivity contribution in [2.24, 2.45) is 0 Å². The number of hydrogen-bond donors (Lipinski definition) is 1. The van der Waals surface area contributed by atoms with E-state index in [-0.39, 0.29) is 5.97 Å². The minimum atomic E-state index is -2.43. The summed E-state index contributed by atoms with van der Waals surface area (Å²) in [6.07, 6.45) is 0. The van der Waals surface area contributed by atoms with Gasteiger partial charge in [0.2, 0.25) is 8.32 Å². The third-order valence-electron chi connectivity index (χ3n) is 3.05. The predicted octanol–water partition coefficient (Wildman–Crippen LogP) is 2.42. The van der Waals surface area contributed by atoms with Gasteiger partial charge in [-0.15, -0.1) is 0 Å². The fourth-order valence-corrected chi connectivity index (χ4v) is 3.53. The molecule has 3 nitrogen and oxygen atoms in total. The van der Waals surface area contributed by atoms with Gasteiger partial charge in [0.15, 0.2) is 0 Å². The Balaban J connectivity index is 2.60. The SMILES string of the molecule is CCOC(=O)c1ccc2cccc([Si](C)(C)O)c2c1. The van der Waals surface area contributed by atoms with Crippen molar-refractivity contribution in [2.45, 2.75) is 20.0 Å². The Morgan fingerprint density at radius 1 is 1.26 bits per heavy atom. The number of hydrogen-bond acceptors (Lipinski definition) is 3. The molecule has 0 fully saturated rings. The van der Waals surface area contributed by atoms with Crippen LogP contribution in [0.3, 0.4) is 0 Å². The Morgan fingerprint density at radius 3 is 2.63 bits per heavy atom. The molecule has 2 aromatic rings. The van der Waals surface area contributed by atoms with Gasteiger partial charge < -0.3 is 9.53 Å². The van der Waals surface area contributed by atoms with Crippen molar-refractivity contribution >= 4 is 30.2 Å². The third kappa shape index (κ3) is 2.85. The maximum absolute atomic E-state index is 11.8. The van der Waals surface area contributed by atoms with Gasteiger partial charge in [0.05, 0.1) is 12.2 Å². The molecule has 0 aliphatic rings. The molecule has 0 saturated carbocycles. The molecule has 0 spiro atoms. The van der Waals surface area contributed by atoms with Crippen LogP contribution in [0.4, 0.5) is 0 Å². The monoisotopic (exact) mass is 274 g/mol. The maximum Gasteiger partial charge on any atom is 0.338 e. The smallest absolute Gasteiger partial charge is 0.338 e. The third-order valence-corrected chi connectivity index (χ3v) is 4.81. The van der Waals surface area contributed by atoms with E-state index in [1.165, 1.54) is 0 Å². The maximum atomic E-state index is 11.8. The zero-order valence-electron chi connectivity index (χ0n) is 11.4. The molecular weight excluding hydrogens is 256 g/mol. The van der Waals surface area contributed by atoms with Gasteiger partial charge in [-0.2, -0.15) is 0 Å². The average molecular weight is 274 g/mol. The Labute approximate surface area is 114 Å². The summed E-state index contributed by atoms with van der Waals surface area (Å²) in [7, 11) is -2.43. The summed E-state index contributed by atoms with van der Waals surface area (Å²) in [6.45, 7) is 5.89. The number of rotatable bonds is 3. The molecule has 1 N–H and O–H groups in total. The molecule has 19 heavy (non-hydrogen) atoms. The van der Waals surface area contributed by atoms with E-state index < -0.39 is 8.32 Å². The van der Waals surface area contributed by atoms with Crippen molar-refractivity contribution in [3.8, 4) is 0 Å². The minimum Gasteiger partial charge on any atom is -0.462 e. The standard InChI is InChI=1S/C15H18O3Si/c1-4-18-15(16)12-9-8-11-6-5-7-14(13(11)10-12)19(2,3)17/h5-10,17H,4H2,1-3H3. The quantitative estimate of drug-likeness (QED) is 0.690. The van der Waals surface area contributed by atoms with E-state index in [4.69, 9.17) is 4.74 Å². The number of carbonyl (C=O) groups excluding carboxylic acids is 1. The molecule has 0 heterocycles. The van der Waals surface area contributed by atoms with Gasteiger partial charge in [-0.1, -0.05) is 24.3 Å². The van der Waals surface area contributed by atoms with Crippen LogP contribution in [0.5, 0.6) is 0 Å². The highest BCUT2D eigenvalue weighted by molar-refractivity contribution is 6.85. The molecule has 0 bridgehead atoms. The van der Waals surface area contributed by atoms with Gasteiger partial charge in [0.25, 0.3) is 0 Å². The molecule has 100 valence electrons. The predicted molar refractivity (Wildman–Crippen MR) is 79.2 cm³/mol. The molecule has 0 aliphatic heterocycles. The van der Waals surface area contributed by atoms with Crippen molar-refractivity contribution in [1.29, 1.82) is 0 Å². The first-order chi connectivity index (χ1) is 8.93. The molecule has 2 rings (SSSR count). The number of benzene rings is 2. The van der Waals surface area contributed by atoms with E-state index in [9.17, 15) is 9.59 Å². The van der Waals surface area contributed by atoms with Crippen LogP contribution < -0.4 is 5.19 Å². The summed E-state index contributed by atoms with van der Waals surface area (Å²) < 4.78 is 5.01. The number of fused-ring (bicyclic) bond motifs is 1. The number of carbonyl (C=O) groups is 1. The lowest BCUT2D eigenvalue weighted by Gasteiger charge is -2.17. The first-order valence-corrected chi connectivity index (χ1v) is 9.31. The first kappa shape index (κ1) is 13.8. The van der Waals surface area contributed by atoms with Crippen LogP contribution in [0, 0.1) is 0 Å². The van der Waals surface area contributed by atoms with Crippen molar-refractivity contribution in [2.75, 3.05) is 6.61 Å². The second kappa shape index (κ2) is 5.15. The Bertz CT molecular complexity index is 614. The van der Waals surface area contributed by atoms with E-state index in [2.05, 4.69) is 0 Å². The lowest BCUT2D eigenvalue weighted by atomic mass is 10.1. The Kier molecular flexibility index (Phi) is 3.73. The lowest BCUT2D eigenvalue weighted by molar-refractivity contribution is 0.0526. The summed E-state index contributed by atoms with van der Waals surface area (Å²) in [5.41, 5.74) is 0.528. The Morgan fingerprint density at radius 2 is 2.00 bits per heavy atom. The zero-order chi connectivity index (χ0) is 14.0. The molecule has 0 radical (unpaired) electrons. The summed E-state index contributed by atoms with van der Waals surface area (Å²) in [4.78, 5) is 22.1.